The fraction of sp³-hybridized carbons (Fsp3) is 0.568. The second-order valence-electron chi connectivity index (χ2n) is 33.4. The van der Waals surface area contributed by atoms with Crippen molar-refractivity contribution in [3.8, 4) is 0 Å². The summed E-state index contributed by atoms with van der Waals surface area (Å²) < 4.78 is 7.94. The van der Waals surface area contributed by atoms with Crippen LogP contribution in [-0.2, 0) is 48.7 Å². The van der Waals surface area contributed by atoms with Crippen molar-refractivity contribution in [1.82, 2.24) is 0 Å². The molecule has 1 aromatic heterocycles. The van der Waals surface area contributed by atoms with Gasteiger partial charge in [0.2, 0.25) is 0 Å². The van der Waals surface area contributed by atoms with Gasteiger partial charge in [-0.3, -0.25) is 0 Å². The SMILES string of the molecule is CC1(C)CCC(C)(C)c2cc(N3c4cc5c(cc4B4c6oc7cc8c(cc7c6N(c6ccc7c(c6)C(C)(C)CCC7(C)C)c6cc(C79CC%10CC(CC(C%10)C7)C9)cc3c64)C(C)(C)CCC8(C)C)C(C)(C)CCC5(C)C)ccc21. The number of anilines is 6. The third-order valence-corrected chi connectivity index (χ3v) is 24.4. The van der Waals surface area contributed by atoms with Gasteiger partial charge < -0.3 is 14.2 Å². The van der Waals surface area contributed by atoms with Gasteiger partial charge in [-0.15, -0.1) is 0 Å². The molecule has 2 aliphatic heterocycles. The van der Waals surface area contributed by atoms with Crippen molar-refractivity contribution < 1.29 is 4.42 Å². The first-order valence-electron chi connectivity index (χ1n) is 31.4. The van der Waals surface area contributed by atoms with Crippen molar-refractivity contribution in [3.63, 3.8) is 0 Å². The summed E-state index contributed by atoms with van der Waals surface area (Å²) in [5.74, 6) is 2.51. The zero-order valence-corrected chi connectivity index (χ0v) is 50.9. The second-order valence-corrected chi connectivity index (χ2v) is 33.4. The van der Waals surface area contributed by atoms with E-state index in [0.717, 1.165) is 29.0 Å². The smallest absolute Gasteiger partial charge is 0.297 e. The van der Waals surface area contributed by atoms with Gasteiger partial charge in [-0.2, -0.15) is 0 Å². The zero-order chi connectivity index (χ0) is 54.6. The van der Waals surface area contributed by atoms with E-state index in [1.807, 2.05) is 0 Å². The van der Waals surface area contributed by atoms with Crippen LogP contribution in [0.5, 0.6) is 0 Å². The Bertz CT molecular complexity index is 3570. The van der Waals surface area contributed by atoms with Crippen LogP contribution in [0, 0.1) is 17.8 Å². The highest BCUT2D eigenvalue weighted by Gasteiger charge is 2.55. The van der Waals surface area contributed by atoms with E-state index in [2.05, 4.69) is 193 Å². The summed E-state index contributed by atoms with van der Waals surface area (Å²) in [6, 6.07) is 31.8. The fourth-order valence-electron chi connectivity index (χ4n) is 19.3. The van der Waals surface area contributed by atoms with Crippen LogP contribution in [0.15, 0.2) is 77.2 Å². The standard InChI is InChI=1S/C74H91BN2O/c1-66(2)21-23-68(5,6)52-34-47(17-19-50(52)66)76-59-38-56-55(71(11,12)26-27-72(56,13)14)37-58(59)75-63-60(76)32-46(74-40-43-29-44(41-74)31-45(30-43)42-74)33-61(63)77(48-18-20-51-53(35-48)69(7,8)24-22-67(51,3)4)64-49-36-54-57(39-62(49)78-65(64)75)73(15,16)28-25-70(54,9)10/h17-20,32-39,43-45H,21-31,40-42H2,1-16H3. The van der Waals surface area contributed by atoms with Gasteiger partial charge in [-0.1, -0.05) is 129 Å². The summed E-state index contributed by atoms with van der Waals surface area (Å²) in [6.07, 6.45) is 17.8. The van der Waals surface area contributed by atoms with Crippen LogP contribution < -0.4 is 26.4 Å². The van der Waals surface area contributed by atoms with Crippen LogP contribution in [0.3, 0.4) is 0 Å². The molecule has 4 fully saturated rings. The van der Waals surface area contributed by atoms with Crippen molar-refractivity contribution in [1.29, 1.82) is 0 Å². The van der Waals surface area contributed by atoms with E-state index < -0.39 is 0 Å². The van der Waals surface area contributed by atoms with Crippen LogP contribution in [0.4, 0.5) is 34.1 Å². The van der Waals surface area contributed by atoms with Gasteiger partial charge in [-0.05, 0) is 272 Å². The predicted molar refractivity (Wildman–Crippen MR) is 331 cm³/mol. The van der Waals surface area contributed by atoms with E-state index >= 15 is 0 Å². The Morgan fingerprint density at radius 1 is 0.397 bits per heavy atom. The van der Waals surface area contributed by atoms with Crippen LogP contribution in [0.1, 0.15) is 251 Å². The van der Waals surface area contributed by atoms with Gasteiger partial charge in [-0.25, -0.2) is 0 Å². The lowest BCUT2D eigenvalue weighted by Gasteiger charge is -2.57. The minimum absolute atomic E-state index is 0.0367. The van der Waals surface area contributed by atoms with Crippen LogP contribution in [-0.4, -0.2) is 6.71 Å². The molecule has 5 aromatic carbocycles. The monoisotopic (exact) mass is 1030 g/mol. The van der Waals surface area contributed by atoms with Crippen molar-refractivity contribution in [2.24, 2.45) is 17.8 Å². The fourth-order valence-corrected chi connectivity index (χ4v) is 19.3. The molecule has 10 aliphatic rings. The molecule has 0 unspecified atom stereocenters. The van der Waals surface area contributed by atoms with E-state index in [0.29, 0.717) is 0 Å². The number of nitrogens with zero attached hydrogens (tertiary/aromatic N) is 2. The Labute approximate surface area is 470 Å². The molecule has 4 heteroatoms. The van der Waals surface area contributed by atoms with Gasteiger partial charge in [0, 0.05) is 33.8 Å². The summed E-state index contributed by atoms with van der Waals surface area (Å²) in [5, 5.41) is 1.28. The molecular weight excluding hydrogens is 944 g/mol. The van der Waals surface area contributed by atoms with E-state index in [4.69, 9.17) is 4.42 Å². The van der Waals surface area contributed by atoms with Gasteiger partial charge in [0.05, 0.1) is 11.3 Å². The molecule has 16 rings (SSSR count). The van der Waals surface area contributed by atoms with Crippen LogP contribution in [0.2, 0.25) is 0 Å². The van der Waals surface area contributed by atoms with Gasteiger partial charge in [0.25, 0.3) is 6.71 Å². The number of benzene rings is 5. The molecule has 0 amide bonds. The average Bonchev–Trinajstić information content (AvgIpc) is 2.62. The van der Waals surface area contributed by atoms with Gasteiger partial charge in [0.1, 0.15) is 5.58 Å². The maximum Gasteiger partial charge on any atom is 0.297 e. The molecule has 406 valence electrons. The summed E-state index contributed by atoms with van der Waals surface area (Å²) in [7, 11) is 0. The minimum Gasteiger partial charge on any atom is -0.468 e. The number of hydrogen-bond donors (Lipinski definition) is 0. The normalized spacial score (nSPS) is 28.7. The lowest BCUT2D eigenvalue weighted by molar-refractivity contribution is -0.00514. The molecule has 0 spiro atoms. The van der Waals surface area contributed by atoms with E-state index in [1.54, 1.807) is 5.56 Å². The van der Waals surface area contributed by atoms with Gasteiger partial charge >= 0.3 is 0 Å². The van der Waals surface area contributed by atoms with Crippen LogP contribution >= 0.6 is 0 Å². The summed E-state index contributed by atoms with van der Waals surface area (Å²) in [4.78, 5) is 5.64. The maximum absolute atomic E-state index is 7.94. The summed E-state index contributed by atoms with van der Waals surface area (Å²) >= 11 is 0. The molecule has 3 heterocycles. The van der Waals surface area contributed by atoms with Gasteiger partial charge in [0.15, 0.2) is 0 Å². The molecule has 0 radical (unpaired) electrons. The first-order valence-corrected chi connectivity index (χ1v) is 31.4. The van der Waals surface area contributed by atoms with E-state index in [-0.39, 0.29) is 55.4 Å². The largest absolute Gasteiger partial charge is 0.468 e. The van der Waals surface area contributed by atoms with Crippen molar-refractivity contribution >= 4 is 68.4 Å². The van der Waals surface area contributed by atoms with E-state index in [1.165, 1.54) is 185 Å². The molecular formula is C74H91BN2O. The van der Waals surface area contributed by atoms with Crippen molar-refractivity contribution in [2.75, 3.05) is 9.80 Å². The third-order valence-electron chi connectivity index (χ3n) is 24.4. The zero-order valence-electron chi connectivity index (χ0n) is 50.9. The van der Waals surface area contributed by atoms with E-state index in [9.17, 15) is 0 Å². The Morgan fingerprint density at radius 3 is 1.26 bits per heavy atom. The highest BCUT2D eigenvalue weighted by atomic mass is 16.3. The van der Waals surface area contributed by atoms with Crippen molar-refractivity contribution in [2.45, 2.75) is 249 Å². The predicted octanol–water partition coefficient (Wildman–Crippen LogP) is 18.4. The molecule has 0 atom stereocenters. The van der Waals surface area contributed by atoms with Crippen LogP contribution in [0.25, 0.3) is 11.0 Å². The summed E-state index contributed by atoms with van der Waals surface area (Å²) in [5.41, 5.74) is 27.5. The molecule has 8 aliphatic carbocycles. The highest BCUT2D eigenvalue weighted by Crippen LogP contribution is 2.63. The third kappa shape index (κ3) is 6.88. The topological polar surface area (TPSA) is 19.6 Å². The molecule has 0 N–H and O–H groups in total. The molecule has 0 saturated heterocycles. The molecule has 4 bridgehead atoms. The molecule has 6 aromatic rings. The Kier molecular flexibility index (Phi) is 9.95. The summed E-state index contributed by atoms with van der Waals surface area (Å²) in [6.45, 7) is 40.0. The lowest BCUT2D eigenvalue weighted by atomic mass is 9.35. The first kappa shape index (κ1) is 50.3. The van der Waals surface area contributed by atoms with Crippen molar-refractivity contribution in [3.05, 3.63) is 123 Å². The molecule has 3 nitrogen and oxygen atoms in total. The Balaban J connectivity index is 1.10. The lowest BCUT2D eigenvalue weighted by Crippen LogP contribution is -2.61. The highest BCUT2D eigenvalue weighted by molar-refractivity contribution is 7.00. The molecule has 78 heavy (non-hydrogen) atoms. The molecule has 4 saturated carbocycles. The minimum atomic E-state index is -0.0875. The second kappa shape index (κ2) is 15.4. The maximum atomic E-state index is 7.94. The Hall–Kier alpha value is -4.70. The number of rotatable bonds is 3. The Morgan fingerprint density at radius 2 is 0.782 bits per heavy atom. The number of hydrogen-bond acceptors (Lipinski definition) is 3. The number of fused-ring (bicyclic) bond motifs is 10. The average molecular weight is 1040 g/mol. The quantitative estimate of drug-likeness (QED) is 0.164. The first-order chi connectivity index (χ1) is 36.5. The number of furan rings is 1.